The van der Waals surface area contributed by atoms with Crippen molar-refractivity contribution in [2.24, 2.45) is 5.92 Å². The van der Waals surface area contributed by atoms with Crippen LogP contribution in [0.4, 0.5) is 0 Å². The molecule has 1 unspecified atom stereocenters. The Bertz CT molecular complexity index is 372. The highest BCUT2D eigenvalue weighted by Crippen LogP contribution is 2.12. The molecule has 19 heavy (non-hydrogen) atoms. The molecule has 1 fully saturated rings. The van der Waals surface area contributed by atoms with Crippen LogP contribution in [0.15, 0.2) is 30.3 Å². The number of benzene rings is 1. The molecule has 0 aliphatic carbocycles. The highest BCUT2D eigenvalue weighted by Gasteiger charge is 2.12. The van der Waals surface area contributed by atoms with Gasteiger partial charge in [-0.1, -0.05) is 30.3 Å². The van der Waals surface area contributed by atoms with Gasteiger partial charge in [-0.25, -0.2) is 0 Å². The van der Waals surface area contributed by atoms with Gasteiger partial charge in [-0.05, 0) is 50.3 Å². The fraction of sp³-hybridized carbons (Fsp3) is 0.562. The maximum absolute atomic E-state index is 11.7. The summed E-state index contributed by atoms with van der Waals surface area (Å²) >= 11 is 0. The third-order valence-electron chi connectivity index (χ3n) is 3.76. The molecule has 3 heteroatoms. The number of carbonyl (C=O) groups excluding carboxylic acids is 1. The lowest BCUT2D eigenvalue weighted by atomic mass is 9.96. The van der Waals surface area contributed by atoms with Gasteiger partial charge in [-0.3, -0.25) is 4.79 Å². The van der Waals surface area contributed by atoms with E-state index in [1.165, 1.54) is 18.4 Å². The minimum atomic E-state index is 0.174. The Morgan fingerprint density at radius 3 is 2.89 bits per heavy atom. The van der Waals surface area contributed by atoms with E-state index in [1.54, 1.807) is 0 Å². The van der Waals surface area contributed by atoms with Crippen molar-refractivity contribution < 1.29 is 4.79 Å². The second-order valence-corrected chi connectivity index (χ2v) is 5.34. The van der Waals surface area contributed by atoms with Crippen LogP contribution in [0.3, 0.4) is 0 Å². The molecule has 2 N–H and O–H groups in total. The van der Waals surface area contributed by atoms with E-state index in [1.807, 2.05) is 18.2 Å². The fourth-order valence-electron chi connectivity index (χ4n) is 2.58. The molecule has 0 spiro atoms. The highest BCUT2D eigenvalue weighted by atomic mass is 16.1. The lowest BCUT2D eigenvalue weighted by Gasteiger charge is -2.22. The summed E-state index contributed by atoms with van der Waals surface area (Å²) in [4.78, 5) is 11.7. The van der Waals surface area contributed by atoms with Crippen molar-refractivity contribution in [3.63, 3.8) is 0 Å². The normalized spacial score (nSPS) is 19.1. The molecule has 104 valence electrons. The molecule has 0 aromatic heterocycles. The van der Waals surface area contributed by atoms with Crippen LogP contribution in [0.2, 0.25) is 0 Å². The van der Waals surface area contributed by atoms with E-state index < -0.39 is 0 Å². The SMILES string of the molecule is O=C(CCc1ccccc1)NCCC1CCCNC1. The minimum Gasteiger partial charge on any atom is -0.356 e. The van der Waals surface area contributed by atoms with Crippen LogP contribution in [0.1, 0.15) is 31.2 Å². The molecule has 1 heterocycles. The quantitative estimate of drug-likeness (QED) is 0.822. The third-order valence-corrected chi connectivity index (χ3v) is 3.76. The molecule has 1 atom stereocenters. The lowest BCUT2D eigenvalue weighted by molar-refractivity contribution is -0.121. The zero-order chi connectivity index (χ0) is 13.3. The first-order valence-electron chi connectivity index (χ1n) is 7.36. The number of nitrogens with one attached hydrogen (secondary N) is 2. The van der Waals surface area contributed by atoms with Crippen LogP contribution < -0.4 is 10.6 Å². The van der Waals surface area contributed by atoms with Crippen molar-refractivity contribution in [1.29, 1.82) is 0 Å². The fourth-order valence-corrected chi connectivity index (χ4v) is 2.58. The Kier molecular flexibility index (Phi) is 5.89. The maximum Gasteiger partial charge on any atom is 0.220 e. The number of rotatable bonds is 6. The summed E-state index contributed by atoms with van der Waals surface area (Å²) in [5.74, 6) is 0.913. The summed E-state index contributed by atoms with van der Waals surface area (Å²) in [5.41, 5.74) is 1.23. The van der Waals surface area contributed by atoms with Crippen molar-refractivity contribution in [2.75, 3.05) is 19.6 Å². The van der Waals surface area contributed by atoms with Gasteiger partial charge >= 0.3 is 0 Å². The molecular formula is C16H24N2O. The first-order chi connectivity index (χ1) is 9.34. The molecular weight excluding hydrogens is 236 g/mol. The topological polar surface area (TPSA) is 41.1 Å². The van der Waals surface area contributed by atoms with Crippen molar-refractivity contribution in [3.05, 3.63) is 35.9 Å². The van der Waals surface area contributed by atoms with Crippen LogP contribution in [0.5, 0.6) is 0 Å². The van der Waals surface area contributed by atoms with E-state index in [9.17, 15) is 4.79 Å². The molecule has 3 nitrogen and oxygen atoms in total. The molecule has 1 amide bonds. The average Bonchev–Trinajstić information content (AvgIpc) is 2.47. The van der Waals surface area contributed by atoms with E-state index >= 15 is 0 Å². The second kappa shape index (κ2) is 7.95. The molecule has 1 aromatic carbocycles. The predicted octanol–water partition coefficient (Wildman–Crippen LogP) is 2.13. The van der Waals surface area contributed by atoms with E-state index in [2.05, 4.69) is 22.8 Å². The summed E-state index contributed by atoms with van der Waals surface area (Å²) in [6.45, 7) is 3.08. The molecule has 0 radical (unpaired) electrons. The molecule has 1 aliphatic rings. The smallest absolute Gasteiger partial charge is 0.220 e. The van der Waals surface area contributed by atoms with E-state index in [0.717, 1.165) is 38.4 Å². The Morgan fingerprint density at radius 1 is 1.32 bits per heavy atom. The van der Waals surface area contributed by atoms with Crippen molar-refractivity contribution in [3.8, 4) is 0 Å². The van der Waals surface area contributed by atoms with E-state index in [0.29, 0.717) is 6.42 Å². The van der Waals surface area contributed by atoms with Crippen LogP contribution in [-0.2, 0) is 11.2 Å². The summed E-state index contributed by atoms with van der Waals surface area (Å²) in [5, 5.41) is 6.44. The average molecular weight is 260 g/mol. The molecule has 1 aromatic rings. The largest absolute Gasteiger partial charge is 0.356 e. The number of piperidine rings is 1. The van der Waals surface area contributed by atoms with Gasteiger partial charge in [-0.2, -0.15) is 0 Å². The second-order valence-electron chi connectivity index (χ2n) is 5.34. The van der Waals surface area contributed by atoms with Gasteiger partial charge in [0.05, 0.1) is 0 Å². The van der Waals surface area contributed by atoms with Gasteiger partial charge < -0.3 is 10.6 Å². The van der Waals surface area contributed by atoms with Gasteiger partial charge in [0.15, 0.2) is 0 Å². The van der Waals surface area contributed by atoms with Crippen molar-refractivity contribution in [1.82, 2.24) is 10.6 Å². The number of amides is 1. The Morgan fingerprint density at radius 2 is 2.16 bits per heavy atom. The molecule has 0 saturated carbocycles. The van der Waals surface area contributed by atoms with E-state index in [4.69, 9.17) is 0 Å². The van der Waals surface area contributed by atoms with Gasteiger partial charge in [-0.15, -0.1) is 0 Å². The lowest BCUT2D eigenvalue weighted by Crippen LogP contribution is -2.33. The standard InChI is InChI=1S/C16H24N2O/c19-16(9-8-14-5-2-1-3-6-14)18-12-10-15-7-4-11-17-13-15/h1-3,5-6,15,17H,4,7-13H2,(H,18,19). The number of carbonyl (C=O) groups is 1. The molecule has 1 aliphatic heterocycles. The van der Waals surface area contributed by atoms with Crippen LogP contribution >= 0.6 is 0 Å². The first-order valence-corrected chi connectivity index (χ1v) is 7.36. The summed E-state index contributed by atoms with van der Waals surface area (Å²) in [7, 11) is 0. The molecule has 2 rings (SSSR count). The summed E-state index contributed by atoms with van der Waals surface area (Å²) in [6.07, 6.45) is 5.09. The minimum absolute atomic E-state index is 0.174. The number of hydrogen-bond acceptors (Lipinski definition) is 2. The van der Waals surface area contributed by atoms with Gasteiger partial charge in [0, 0.05) is 13.0 Å². The summed E-state index contributed by atoms with van der Waals surface area (Å²) in [6, 6.07) is 10.2. The molecule has 0 bridgehead atoms. The van der Waals surface area contributed by atoms with Crippen molar-refractivity contribution >= 4 is 5.91 Å². The van der Waals surface area contributed by atoms with Crippen LogP contribution in [0.25, 0.3) is 0 Å². The number of hydrogen-bond donors (Lipinski definition) is 2. The highest BCUT2D eigenvalue weighted by molar-refractivity contribution is 5.76. The van der Waals surface area contributed by atoms with E-state index in [-0.39, 0.29) is 5.91 Å². The monoisotopic (exact) mass is 260 g/mol. The third kappa shape index (κ3) is 5.43. The zero-order valence-corrected chi connectivity index (χ0v) is 11.5. The Hall–Kier alpha value is -1.35. The predicted molar refractivity (Wildman–Crippen MR) is 78.0 cm³/mol. The summed E-state index contributed by atoms with van der Waals surface area (Å²) < 4.78 is 0. The Labute approximate surface area is 115 Å². The van der Waals surface area contributed by atoms with Crippen molar-refractivity contribution in [2.45, 2.75) is 32.1 Å². The maximum atomic E-state index is 11.7. The van der Waals surface area contributed by atoms with Gasteiger partial charge in [0.25, 0.3) is 0 Å². The number of aryl methyl sites for hydroxylation is 1. The Balaban J connectivity index is 1.57. The van der Waals surface area contributed by atoms with Gasteiger partial charge in [0.2, 0.25) is 5.91 Å². The zero-order valence-electron chi connectivity index (χ0n) is 11.5. The first kappa shape index (κ1) is 14.1. The van der Waals surface area contributed by atoms with Gasteiger partial charge in [0.1, 0.15) is 0 Å². The molecule has 1 saturated heterocycles. The van der Waals surface area contributed by atoms with Crippen LogP contribution in [0, 0.1) is 5.92 Å². The van der Waals surface area contributed by atoms with Crippen LogP contribution in [-0.4, -0.2) is 25.5 Å².